The van der Waals surface area contributed by atoms with Gasteiger partial charge in [-0.25, -0.2) is 0 Å². The van der Waals surface area contributed by atoms with Gasteiger partial charge < -0.3 is 10.9 Å². The molecule has 86 valence electrons. The molecular formula is C14H14N2O. The van der Waals surface area contributed by atoms with Gasteiger partial charge in [0.15, 0.2) is 0 Å². The van der Waals surface area contributed by atoms with E-state index in [1.807, 2.05) is 54.6 Å². The average Bonchev–Trinajstić information content (AvgIpc) is 2.42. The first kappa shape index (κ1) is 11.4. The highest BCUT2D eigenvalue weighted by Crippen LogP contribution is 2.11. The SMILES string of the molecule is N/N=C(\c1ccccc1)c1ccc(CO)cc1. The van der Waals surface area contributed by atoms with Gasteiger partial charge in [0.05, 0.1) is 12.3 Å². The summed E-state index contributed by atoms with van der Waals surface area (Å²) < 4.78 is 0. The molecule has 0 fully saturated rings. The number of rotatable bonds is 3. The topological polar surface area (TPSA) is 58.6 Å². The van der Waals surface area contributed by atoms with Gasteiger partial charge in [0.1, 0.15) is 0 Å². The summed E-state index contributed by atoms with van der Waals surface area (Å²) in [6.45, 7) is 0.0424. The summed E-state index contributed by atoms with van der Waals surface area (Å²) in [6, 6.07) is 17.3. The minimum atomic E-state index is 0.0424. The van der Waals surface area contributed by atoms with Crippen molar-refractivity contribution in [1.82, 2.24) is 0 Å². The average molecular weight is 226 g/mol. The highest BCUT2D eigenvalue weighted by Gasteiger charge is 2.05. The highest BCUT2D eigenvalue weighted by atomic mass is 16.3. The number of hydrazone groups is 1. The van der Waals surface area contributed by atoms with Gasteiger partial charge in [0.25, 0.3) is 0 Å². The van der Waals surface area contributed by atoms with E-state index in [4.69, 9.17) is 10.9 Å². The molecule has 3 N–H and O–H groups in total. The number of benzene rings is 2. The Kier molecular flexibility index (Phi) is 3.52. The standard InChI is InChI=1S/C14H14N2O/c15-16-14(12-4-2-1-3-5-12)13-8-6-11(10-17)7-9-13/h1-9,17H,10,15H2/b16-14+. The van der Waals surface area contributed by atoms with Crippen LogP contribution in [-0.4, -0.2) is 10.8 Å². The van der Waals surface area contributed by atoms with E-state index >= 15 is 0 Å². The molecule has 0 atom stereocenters. The summed E-state index contributed by atoms with van der Waals surface area (Å²) in [6.07, 6.45) is 0. The highest BCUT2D eigenvalue weighted by molar-refractivity contribution is 6.12. The van der Waals surface area contributed by atoms with Crippen molar-refractivity contribution in [3.05, 3.63) is 71.3 Å². The van der Waals surface area contributed by atoms with Gasteiger partial charge in [-0.2, -0.15) is 5.10 Å². The molecule has 3 nitrogen and oxygen atoms in total. The van der Waals surface area contributed by atoms with Crippen LogP contribution in [0.4, 0.5) is 0 Å². The van der Waals surface area contributed by atoms with E-state index < -0.39 is 0 Å². The maximum atomic E-state index is 8.99. The Balaban J connectivity index is 2.37. The molecule has 0 aliphatic rings. The normalized spacial score (nSPS) is 11.5. The van der Waals surface area contributed by atoms with Gasteiger partial charge >= 0.3 is 0 Å². The van der Waals surface area contributed by atoms with Crippen molar-refractivity contribution >= 4 is 5.71 Å². The van der Waals surface area contributed by atoms with Crippen LogP contribution in [0.1, 0.15) is 16.7 Å². The minimum Gasteiger partial charge on any atom is -0.392 e. The zero-order valence-electron chi connectivity index (χ0n) is 9.38. The van der Waals surface area contributed by atoms with Crippen LogP contribution in [0, 0.1) is 0 Å². The lowest BCUT2D eigenvalue weighted by Crippen LogP contribution is -2.06. The second-order valence-electron chi connectivity index (χ2n) is 3.70. The molecule has 2 aromatic carbocycles. The molecule has 0 amide bonds. The number of aliphatic hydroxyl groups is 1. The molecule has 0 aromatic heterocycles. The molecule has 17 heavy (non-hydrogen) atoms. The van der Waals surface area contributed by atoms with E-state index in [0.29, 0.717) is 0 Å². The molecule has 0 saturated heterocycles. The van der Waals surface area contributed by atoms with Gasteiger partial charge in [-0.05, 0) is 5.56 Å². The lowest BCUT2D eigenvalue weighted by molar-refractivity contribution is 0.282. The van der Waals surface area contributed by atoms with Crippen LogP contribution in [-0.2, 0) is 6.61 Å². The van der Waals surface area contributed by atoms with Crippen LogP contribution in [0.5, 0.6) is 0 Å². The summed E-state index contributed by atoms with van der Waals surface area (Å²) in [5.74, 6) is 5.45. The summed E-state index contributed by atoms with van der Waals surface area (Å²) in [7, 11) is 0. The van der Waals surface area contributed by atoms with Crippen LogP contribution in [0.3, 0.4) is 0 Å². The Labute approximate surface area is 100 Å². The third-order valence-electron chi connectivity index (χ3n) is 2.59. The van der Waals surface area contributed by atoms with E-state index in [2.05, 4.69) is 5.10 Å². The molecule has 0 heterocycles. The number of hydrogen-bond donors (Lipinski definition) is 2. The molecule has 0 bridgehead atoms. The second-order valence-corrected chi connectivity index (χ2v) is 3.70. The largest absolute Gasteiger partial charge is 0.392 e. The lowest BCUT2D eigenvalue weighted by Gasteiger charge is -2.06. The lowest BCUT2D eigenvalue weighted by atomic mass is 10.0. The molecular weight excluding hydrogens is 212 g/mol. The van der Waals surface area contributed by atoms with Crippen molar-refractivity contribution in [1.29, 1.82) is 0 Å². The fraction of sp³-hybridized carbons (Fsp3) is 0.0714. The summed E-state index contributed by atoms with van der Waals surface area (Å²) >= 11 is 0. The van der Waals surface area contributed by atoms with Gasteiger partial charge in [0, 0.05) is 11.1 Å². The summed E-state index contributed by atoms with van der Waals surface area (Å²) in [5, 5.41) is 12.8. The Morgan fingerprint density at radius 1 is 0.941 bits per heavy atom. The van der Waals surface area contributed by atoms with Crippen LogP contribution in [0.2, 0.25) is 0 Å². The maximum absolute atomic E-state index is 8.99. The zero-order chi connectivity index (χ0) is 12.1. The van der Waals surface area contributed by atoms with E-state index in [1.54, 1.807) is 0 Å². The molecule has 0 spiro atoms. The second kappa shape index (κ2) is 5.27. The Morgan fingerprint density at radius 3 is 2.06 bits per heavy atom. The summed E-state index contributed by atoms with van der Waals surface area (Å²) in [4.78, 5) is 0. The van der Waals surface area contributed by atoms with E-state index in [9.17, 15) is 0 Å². The fourth-order valence-electron chi connectivity index (χ4n) is 1.68. The van der Waals surface area contributed by atoms with E-state index in [0.717, 1.165) is 22.4 Å². The van der Waals surface area contributed by atoms with Crippen molar-refractivity contribution in [2.75, 3.05) is 0 Å². The predicted molar refractivity (Wildman–Crippen MR) is 68.6 cm³/mol. The van der Waals surface area contributed by atoms with E-state index in [-0.39, 0.29) is 6.61 Å². The third-order valence-corrected chi connectivity index (χ3v) is 2.59. The first-order valence-electron chi connectivity index (χ1n) is 5.38. The molecule has 0 aliphatic carbocycles. The van der Waals surface area contributed by atoms with Gasteiger partial charge in [-0.3, -0.25) is 0 Å². The maximum Gasteiger partial charge on any atom is 0.0971 e. The molecule has 0 unspecified atom stereocenters. The van der Waals surface area contributed by atoms with Gasteiger partial charge in [-0.15, -0.1) is 0 Å². The Hall–Kier alpha value is -2.13. The van der Waals surface area contributed by atoms with E-state index in [1.165, 1.54) is 0 Å². The molecule has 0 saturated carbocycles. The number of aliphatic hydroxyl groups excluding tert-OH is 1. The third kappa shape index (κ3) is 2.52. The van der Waals surface area contributed by atoms with Crippen molar-refractivity contribution in [2.24, 2.45) is 10.9 Å². The monoisotopic (exact) mass is 226 g/mol. The Morgan fingerprint density at radius 2 is 1.53 bits per heavy atom. The van der Waals surface area contributed by atoms with Crippen molar-refractivity contribution in [2.45, 2.75) is 6.61 Å². The summed E-state index contributed by atoms with van der Waals surface area (Å²) in [5.41, 5.74) is 3.54. The minimum absolute atomic E-state index is 0.0424. The van der Waals surface area contributed by atoms with Gasteiger partial charge in [0.2, 0.25) is 0 Å². The molecule has 3 heteroatoms. The number of hydrogen-bond acceptors (Lipinski definition) is 3. The van der Waals surface area contributed by atoms with Crippen LogP contribution in [0.15, 0.2) is 59.7 Å². The van der Waals surface area contributed by atoms with Crippen LogP contribution < -0.4 is 5.84 Å². The number of nitrogens with two attached hydrogens (primary N) is 1. The van der Waals surface area contributed by atoms with Crippen LogP contribution in [0.25, 0.3) is 0 Å². The zero-order valence-corrected chi connectivity index (χ0v) is 9.38. The number of nitrogens with zero attached hydrogens (tertiary/aromatic N) is 1. The first-order chi connectivity index (χ1) is 8.35. The Bertz CT molecular complexity index is 504. The quantitative estimate of drug-likeness (QED) is 0.477. The van der Waals surface area contributed by atoms with Gasteiger partial charge in [-0.1, -0.05) is 54.6 Å². The van der Waals surface area contributed by atoms with Crippen molar-refractivity contribution in [3.63, 3.8) is 0 Å². The molecule has 2 aromatic rings. The molecule has 2 rings (SSSR count). The van der Waals surface area contributed by atoms with Crippen LogP contribution >= 0.6 is 0 Å². The first-order valence-corrected chi connectivity index (χ1v) is 5.38. The fourth-order valence-corrected chi connectivity index (χ4v) is 1.68. The smallest absolute Gasteiger partial charge is 0.0971 e. The predicted octanol–water partition coefficient (Wildman–Crippen LogP) is 1.89. The molecule has 0 aliphatic heterocycles. The van der Waals surface area contributed by atoms with Crippen molar-refractivity contribution < 1.29 is 5.11 Å². The van der Waals surface area contributed by atoms with Crippen molar-refractivity contribution in [3.8, 4) is 0 Å². The molecule has 0 radical (unpaired) electrons.